The molecule has 0 spiro atoms. The molecule has 39 heavy (non-hydrogen) atoms. The molecule has 0 bridgehead atoms. The minimum absolute atomic E-state index is 0.0685. The van der Waals surface area contributed by atoms with Gasteiger partial charge in [0.15, 0.2) is 5.76 Å². The average Bonchev–Trinajstić information content (AvgIpc) is 3.45. The van der Waals surface area contributed by atoms with E-state index in [9.17, 15) is 18.8 Å². The second kappa shape index (κ2) is 12.7. The molecule has 9 nitrogen and oxygen atoms in total. The lowest BCUT2D eigenvalue weighted by molar-refractivity contribution is -0.117. The lowest BCUT2D eigenvalue weighted by atomic mass is 10.2. The van der Waals surface area contributed by atoms with E-state index in [0.29, 0.717) is 42.5 Å². The summed E-state index contributed by atoms with van der Waals surface area (Å²) in [6, 6.07) is 14.2. The van der Waals surface area contributed by atoms with Crippen molar-refractivity contribution in [3.05, 3.63) is 83.0 Å². The number of furan rings is 1. The molecule has 2 aromatic carbocycles. The molecule has 1 fully saturated rings. The Hall–Kier alpha value is -4.05. The van der Waals surface area contributed by atoms with Crippen LogP contribution in [0.5, 0.6) is 0 Å². The highest BCUT2D eigenvalue weighted by atomic mass is 35.5. The number of piperazine rings is 1. The van der Waals surface area contributed by atoms with E-state index >= 15 is 0 Å². The van der Waals surface area contributed by atoms with Crippen LogP contribution in [-0.4, -0.2) is 66.4 Å². The molecule has 1 aliphatic rings. The molecular weight excluding hydrogens is 525 g/mol. The van der Waals surface area contributed by atoms with E-state index in [-0.39, 0.29) is 30.9 Å². The monoisotopic (exact) mass is 555 g/mol. The normalized spacial score (nSPS) is 13.4. The van der Waals surface area contributed by atoms with Gasteiger partial charge in [0.2, 0.25) is 5.91 Å². The zero-order valence-electron chi connectivity index (χ0n) is 21.8. The van der Waals surface area contributed by atoms with Gasteiger partial charge in [0.1, 0.15) is 12.4 Å². The number of halogens is 2. The maximum absolute atomic E-state index is 13.4. The molecule has 1 saturated heterocycles. The number of anilines is 2. The Labute approximate surface area is 231 Å². The van der Waals surface area contributed by atoms with E-state index in [1.807, 2.05) is 19.9 Å². The fourth-order valence-corrected chi connectivity index (χ4v) is 4.41. The van der Waals surface area contributed by atoms with Crippen molar-refractivity contribution in [1.82, 2.24) is 15.1 Å². The van der Waals surface area contributed by atoms with Crippen molar-refractivity contribution in [1.29, 1.82) is 0 Å². The van der Waals surface area contributed by atoms with Gasteiger partial charge < -0.3 is 29.8 Å². The fourth-order valence-electron chi connectivity index (χ4n) is 4.24. The molecule has 0 saturated carbocycles. The van der Waals surface area contributed by atoms with Gasteiger partial charge in [0, 0.05) is 44.5 Å². The van der Waals surface area contributed by atoms with Crippen LogP contribution in [0.15, 0.2) is 65.3 Å². The minimum atomic E-state index is -0.473. The highest BCUT2D eigenvalue weighted by molar-refractivity contribution is 6.33. The predicted octanol–water partition coefficient (Wildman–Crippen LogP) is 4.59. The zero-order chi connectivity index (χ0) is 27.9. The van der Waals surface area contributed by atoms with Gasteiger partial charge in [0.05, 0.1) is 17.0 Å². The number of hydrogen-bond acceptors (Lipinski definition) is 5. The maximum Gasteiger partial charge on any atom is 0.317 e. The summed E-state index contributed by atoms with van der Waals surface area (Å²) in [6.07, 6.45) is 1.38. The van der Waals surface area contributed by atoms with Crippen molar-refractivity contribution in [2.24, 2.45) is 0 Å². The molecule has 4 amide bonds. The average molecular weight is 556 g/mol. The molecule has 4 rings (SSSR count). The number of hydrogen-bond donors (Lipinski definition) is 2. The van der Waals surface area contributed by atoms with E-state index in [1.54, 1.807) is 35.2 Å². The fraction of sp³-hybridized carbons (Fsp3) is 0.321. The molecule has 0 radical (unpaired) electrons. The van der Waals surface area contributed by atoms with Gasteiger partial charge in [0.25, 0.3) is 5.91 Å². The van der Waals surface area contributed by atoms with Crippen LogP contribution in [0.2, 0.25) is 5.02 Å². The van der Waals surface area contributed by atoms with E-state index < -0.39 is 17.6 Å². The number of rotatable bonds is 8. The smallest absolute Gasteiger partial charge is 0.317 e. The Bertz CT molecular complexity index is 1290. The summed E-state index contributed by atoms with van der Waals surface area (Å²) in [4.78, 5) is 43.6. The molecule has 2 N–H and O–H groups in total. The number of nitrogens with zero attached hydrogens (tertiary/aromatic N) is 3. The minimum Gasteiger partial charge on any atom is -0.459 e. The van der Waals surface area contributed by atoms with E-state index in [0.717, 1.165) is 5.69 Å². The van der Waals surface area contributed by atoms with Crippen molar-refractivity contribution in [2.75, 3.05) is 42.9 Å². The summed E-state index contributed by atoms with van der Waals surface area (Å²) in [6.45, 7) is 6.04. The lowest BCUT2D eigenvalue weighted by Crippen LogP contribution is -2.52. The molecule has 11 heteroatoms. The Balaban J connectivity index is 1.42. The molecule has 0 atom stereocenters. The van der Waals surface area contributed by atoms with E-state index in [4.69, 9.17) is 16.0 Å². The third-order valence-electron chi connectivity index (χ3n) is 6.21. The molecule has 0 aliphatic carbocycles. The summed E-state index contributed by atoms with van der Waals surface area (Å²) in [5, 5.41) is 6.07. The highest BCUT2D eigenvalue weighted by Crippen LogP contribution is 2.28. The van der Waals surface area contributed by atoms with Gasteiger partial charge in [-0.2, -0.15) is 0 Å². The van der Waals surface area contributed by atoms with Gasteiger partial charge in [-0.3, -0.25) is 9.59 Å². The Kier molecular flexibility index (Phi) is 9.08. The molecule has 3 aromatic rings. The number of benzene rings is 2. The third-order valence-corrected chi connectivity index (χ3v) is 6.54. The second-order valence-electron chi connectivity index (χ2n) is 9.56. The van der Waals surface area contributed by atoms with Crippen molar-refractivity contribution < 1.29 is 23.2 Å². The second-order valence-corrected chi connectivity index (χ2v) is 9.96. The molecule has 1 aliphatic heterocycles. The summed E-state index contributed by atoms with van der Waals surface area (Å²) in [7, 11) is 0. The number of carbonyl (C=O) groups excluding carboxylic acids is 3. The summed E-state index contributed by atoms with van der Waals surface area (Å²) >= 11 is 6.39. The Morgan fingerprint density at radius 2 is 1.77 bits per heavy atom. The summed E-state index contributed by atoms with van der Waals surface area (Å²) < 4.78 is 18.6. The highest BCUT2D eigenvalue weighted by Gasteiger charge is 2.24. The predicted molar refractivity (Wildman–Crippen MR) is 147 cm³/mol. The van der Waals surface area contributed by atoms with Crippen molar-refractivity contribution in [3.8, 4) is 0 Å². The van der Waals surface area contributed by atoms with E-state index in [1.165, 1.54) is 29.4 Å². The van der Waals surface area contributed by atoms with Crippen molar-refractivity contribution >= 4 is 40.8 Å². The number of urea groups is 1. The third kappa shape index (κ3) is 7.51. The molecule has 0 unspecified atom stereocenters. The van der Waals surface area contributed by atoms with Crippen LogP contribution >= 0.6 is 11.6 Å². The molecular formula is C28H31ClFN5O4. The van der Waals surface area contributed by atoms with Gasteiger partial charge in [-0.15, -0.1) is 0 Å². The first kappa shape index (κ1) is 28.0. The van der Waals surface area contributed by atoms with Crippen molar-refractivity contribution in [3.63, 3.8) is 0 Å². The number of carbonyl (C=O) groups is 3. The maximum atomic E-state index is 13.4. The van der Waals surface area contributed by atoms with E-state index in [2.05, 4.69) is 15.5 Å². The summed E-state index contributed by atoms with van der Waals surface area (Å²) in [5.74, 6) is -1.23. The van der Waals surface area contributed by atoms with Gasteiger partial charge >= 0.3 is 6.03 Å². The molecule has 2 heterocycles. The van der Waals surface area contributed by atoms with Crippen LogP contribution in [0.4, 0.5) is 20.6 Å². The lowest BCUT2D eigenvalue weighted by Gasteiger charge is -2.36. The number of amides is 4. The van der Waals surface area contributed by atoms with Crippen LogP contribution in [-0.2, 0) is 11.3 Å². The van der Waals surface area contributed by atoms with Crippen LogP contribution in [0, 0.1) is 5.82 Å². The molecule has 206 valence electrons. The first-order valence-electron chi connectivity index (χ1n) is 12.7. The molecule has 1 aromatic heterocycles. The Morgan fingerprint density at radius 1 is 1.05 bits per heavy atom. The topological polar surface area (TPSA) is 98.1 Å². The zero-order valence-corrected chi connectivity index (χ0v) is 22.6. The van der Waals surface area contributed by atoms with Crippen LogP contribution < -0.4 is 15.5 Å². The SMILES string of the molecule is CC(C)NC(=O)N1CCN(c2ccc(Cl)c(NC(=O)CN(Cc3ccc(F)cc3)C(=O)c3ccco3)c2)CC1. The van der Waals surface area contributed by atoms with Gasteiger partial charge in [-0.25, -0.2) is 9.18 Å². The standard InChI is InChI=1S/C28H31ClFN5O4/c1-19(2)31-28(38)34-13-11-33(12-14-34)22-9-10-23(29)24(16-22)32-26(36)18-35(27(37)25-4-3-15-39-25)17-20-5-7-21(30)8-6-20/h3-10,15-16,19H,11-14,17-18H2,1-2H3,(H,31,38)(H,32,36). The van der Waals surface area contributed by atoms with Gasteiger partial charge in [-0.1, -0.05) is 23.7 Å². The van der Waals surface area contributed by atoms with Crippen LogP contribution in [0.1, 0.15) is 30.0 Å². The van der Waals surface area contributed by atoms with Crippen molar-refractivity contribution in [2.45, 2.75) is 26.4 Å². The quantitative estimate of drug-likeness (QED) is 0.423. The van der Waals surface area contributed by atoms with Crippen LogP contribution in [0.3, 0.4) is 0 Å². The van der Waals surface area contributed by atoms with Gasteiger partial charge in [-0.05, 0) is 61.9 Å². The number of nitrogens with one attached hydrogen (secondary N) is 2. The summed E-state index contributed by atoms with van der Waals surface area (Å²) in [5.41, 5.74) is 1.92. The largest absolute Gasteiger partial charge is 0.459 e. The van der Waals surface area contributed by atoms with Crippen LogP contribution in [0.25, 0.3) is 0 Å². The Morgan fingerprint density at radius 3 is 2.41 bits per heavy atom. The first-order chi connectivity index (χ1) is 18.7. The first-order valence-corrected chi connectivity index (χ1v) is 13.0.